The minimum absolute atomic E-state index is 0.362. The number of hydrogen-bond donors (Lipinski definition) is 3. The van der Waals surface area contributed by atoms with Gasteiger partial charge >= 0.3 is 5.97 Å². The van der Waals surface area contributed by atoms with Crippen molar-refractivity contribution in [3.05, 3.63) is 58.1 Å². The van der Waals surface area contributed by atoms with E-state index >= 15 is 0 Å². The predicted octanol–water partition coefficient (Wildman–Crippen LogP) is 4.74. The van der Waals surface area contributed by atoms with Gasteiger partial charge in [0.05, 0.1) is 5.56 Å². The molecule has 3 rings (SSSR count). The highest BCUT2D eigenvalue weighted by molar-refractivity contribution is 6.07. The largest absolute Gasteiger partial charge is 0.478 e. The molecule has 136 valence electrons. The van der Waals surface area contributed by atoms with Crippen molar-refractivity contribution in [3.8, 4) is 11.3 Å². The van der Waals surface area contributed by atoms with Crippen molar-refractivity contribution < 1.29 is 9.90 Å². The van der Waals surface area contributed by atoms with Gasteiger partial charge in [-0.1, -0.05) is 29.8 Å². The molecular formula is C22H26N2O2. The van der Waals surface area contributed by atoms with Crippen LogP contribution in [-0.2, 0) is 6.42 Å². The number of rotatable bonds is 6. The number of aromatic amines is 1. The lowest BCUT2D eigenvalue weighted by atomic mass is 9.94. The molecule has 4 N–H and O–H groups in total. The lowest BCUT2D eigenvalue weighted by molar-refractivity contribution is 0.0699. The van der Waals surface area contributed by atoms with Crippen LogP contribution in [0.5, 0.6) is 0 Å². The minimum atomic E-state index is -0.888. The highest BCUT2D eigenvalue weighted by Gasteiger charge is 2.21. The Morgan fingerprint density at radius 3 is 2.50 bits per heavy atom. The van der Waals surface area contributed by atoms with Crippen LogP contribution in [0, 0.1) is 20.8 Å². The van der Waals surface area contributed by atoms with E-state index in [-0.39, 0.29) is 0 Å². The van der Waals surface area contributed by atoms with Gasteiger partial charge < -0.3 is 15.8 Å². The maximum Gasteiger partial charge on any atom is 0.336 e. The molecule has 0 bridgehead atoms. The van der Waals surface area contributed by atoms with E-state index in [1.165, 1.54) is 11.1 Å². The molecule has 0 aliphatic carbocycles. The van der Waals surface area contributed by atoms with E-state index in [1.54, 1.807) is 6.07 Å². The number of aromatic carboxylic acids is 1. The first-order chi connectivity index (χ1) is 12.4. The van der Waals surface area contributed by atoms with Crippen LogP contribution in [0.15, 0.2) is 30.3 Å². The zero-order valence-corrected chi connectivity index (χ0v) is 15.6. The number of carbonyl (C=O) groups is 1. The topological polar surface area (TPSA) is 79.1 Å². The van der Waals surface area contributed by atoms with E-state index in [1.807, 2.05) is 13.0 Å². The van der Waals surface area contributed by atoms with E-state index in [4.69, 9.17) is 5.73 Å². The molecular weight excluding hydrogens is 324 g/mol. The van der Waals surface area contributed by atoms with Gasteiger partial charge in [0.25, 0.3) is 0 Å². The summed E-state index contributed by atoms with van der Waals surface area (Å²) in [5.74, 6) is -0.888. The summed E-state index contributed by atoms with van der Waals surface area (Å²) < 4.78 is 0. The molecule has 0 spiro atoms. The van der Waals surface area contributed by atoms with Crippen molar-refractivity contribution in [2.24, 2.45) is 5.73 Å². The van der Waals surface area contributed by atoms with Crippen LogP contribution in [0.2, 0.25) is 0 Å². The van der Waals surface area contributed by atoms with Crippen LogP contribution in [0.3, 0.4) is 0 Å². The van der Waals surface area contributed by atoms with E-state index in [0.717, 1.165) is 52.5 Å². The number of nitrogens with two attached hydrogens (primary N) is 1. The Balaban J connectivity index is 2.30. The van der Waals surface area contributed by atoms with Crippen molar-refractivity contribution >= 4 is 16.9 Å². The fourth-order valence-electron chi connectivity index (χ4n) is 3.71. The Labute approximate surface area is 154 Å². The van der Waals surface area contributed by atoms with Crippen molar-refractivity contribution in [2.45, 2.75) is 40.0 Å². The van der Waals surface area contributed by atoms with Crippen molar-refractivity contribution in [1.29, 1.82) is 0 Å². The number of nitrogens with one attached hydrogen (secondary N) is 1. The molecule has 0 saturated carbocycles. The number of hydrogen-bond acceptors (Lipinski definition) is 2. The number of carboxylic acid groups (broad SMARTS) is 1. The first-order valence-corrected chi connectivity index (χ1v) is 9.09. The molecule has 26 heavy (non-hydrogen) atoms. The Hall–Kier alpha value is -2.59. The van der Waals surface area contributed by atoms with Crippen molar-refractivity contribution in [1.82, 2.24) is 4.98 Å². The Morgan fingerprint density at radius 1 is 1.08 bits per heavy atom. The van der Waals surface area contributed by atoms with Crippen LogP contribution in [-0.4, -0.2) is 22.6 Å². The average Bonchev–Trinajstić information content (AvgIpc) is 2.95. The zero-order valence-electron chi connectivity index (χ0n) is 15.6. The predicted molar refractivity (Wildman–Crippen MR) is 107 cm³/mol. The van der Waals surface area contributed by atoms with E-state index in [2.05, 4.69) is 37.0 Å². The van der Waals surface area contributed by atoms with Crippen LogP contribution in [0.1, 0.15) is 45.5 Å². The molecule has 3 aromatic rings. The second-order valence-electron chi connectivity index (χ2n) is 7.03. The van der Waals surface area contributed by atoms with Gasteiger partial charge in [0, 0.05) is 22.2 Å². The summed E-state index contributed by atoms with van der Waals surface area (Å²) in [5, 5.41) is 10.5. The summed E-state index contributed by atoms with van der Waals surface area (Å²) in [6.07, 6.45) is 2.67. The second kappa shape index (κ2) is 7.34. The number of fused-ring (bicyclic) bond motifs is 1. The fourth-order valence-corrected chi connectivity index (χ4v) is 3.71. The third kappa shape index (κ3) is 3.25. The molecule has 0 unspecified atom stereocenters. The van der Waals surface area contributed by atoms with Crippen LogP contribution >= 0.6 is 0 Å². The Bertz CT molecular complexity index is 970. The minimum Gasteiger partial charge on any atom is -0.478 e. The maximum atomic E-state index is 11.8. The second-order valence-corrected chi connectivity index (χ2v) is 7.03. The van der Waals surface area contributed by atoms with E-state index < -0.39 is 5.97 Å². The molecule has 0 atom stereocenters. The molecule has 0 saturated heterocycles. The van der Waals surface area contributed by atoms with Crippen molar-refractivity contribution in [2.75, 3.05) is 6.54 Å². The first-order valence-electron chi connectivity index (χ1n) is 9.09. The zero-order chi connectivity index (χ0) is 18.8. The van der Waals surface area contributed by atoms with Gasteiger partial charge in [-0.2, -0.15) is 0 Å². The normalized spacial score (nSPS) is 11.2. The third-order valence-electron chi connectivity index (χ3n) is 5.03. The van der Waals surface area contributed by atoms with Gasteiger partial charge in [-0.15, -0.1) is 0 Å². The highest BCUT2D eigenvalue weighted by Crippen LogP contribution is 2.36. The molecule has 4 heteroatoms. The summed E-state index contributed by atoms with van der Waals surface area (Å²) in [5.41, 5.74) is 13.7. The maximum absolute atomic E-state index is 11.8. The summed E-state index contributed by atoms with van der Waals surface area (Å²) in [4.78, 5) is 15.4. The first kappa shape index (κ1) is 18.2. The summed E-state index contributed by atoms with van der Waals surface area (Å²) in [7, 11) is 0. The van der Waals surface area contributed by atoms with Crippen LogP contribution < -0.4 is 5.73 Å². The van der Waals surface area contributed by atoms with E-state index in [9.17, 15) is 9.90 Å². The average molecular weight is 350 g/mol. The molecule has 1 heterocycles. The van der Waals surface area contributed by atoms with E-state index in [0.29, 0.717) is 12.1 Å². The molecule has 0 amide bonds. The molecule has 0 fully saturated rings. The molecule has 4 nitrogen and oxygen atoms in total. The molecule has 0 radical (unpaired) electrons. The monoisotopic (exact) mass is 350 g/mol. The number of aryl methyl sites for hydroxylation is 4. The van der Waals surface area contributed by atoms with Gasteiger partial charge in [-0.05, 0) is 69.3 Å². The Morgan fingerprint density at radius 2 is 1.85 bits per heavy atom. The van der Waals surface area contributed by atoms with Gasteiger partial charge in [0.15, 0.2) is 0 Å². The molecule has 1 aromatic heterocycles. The third-order valence-corrected chi connectivity index (χ3v) is 5.03. The number of H-pyrrole nitrogens is 1. The smallest absolute Gasteiger partial charge is 0.336 e. The summed E-state index contributed by atoms with van der Waals surface area (Å²) in [6, 6.07) is 9.97. The number of benzene rings is 2. The lowest BCUT2D eigenvalue weighted by Crippen LogP contribution is -2.01. The molecule has 2 aromatic carbocycles. The van der Waals surface area contributed by atoms with Crippen molar-refractivity contribution in [3.63, 3.8) is 0 Å². The van der Waals surface area contributed by atoms with Gasteiger partial charge in [0.2, 0.25) is 0 Å². The van der Waals surface area contributed by atoms with Gasteiger partial charge in [-0.25, -0.2) is 4.79 Å². The number of carboxylic acids is 1. The van der Waals surface area contributed by atoms with Gasteiger partial charge in [-0.3, -0.25) is 0 Å². The number of aromatic nitrogens is 1. The number of unbranched alkanes of at least 4 members (excludes halogenated alkanes) is 1. The molecule has 0 aliphatic rings. The summed E-state index contributed by atoms with van der Waals surface area (Å²) in [6.45, 7) is 6.84. The quantitative estimate of drug-likeness (QED) is 0.562. The van der Waals surface area contributed by atoms with Crippen LogP contribution in [0.4, 0.5) is 0 Å². The molecule has 0 aliphatic heterocycles. The van der Waals surface area contributed by atoms with Gasteiger partial charge in [0.1, 0.15) is 0 Å². The fraction of sp³-hybridized carbons (Fsp3) is 0.318. The summed E-state index contributed by atoms with van der Waals surface area (Å²) >= 11 is 0. The Kier molecular flexibility index (Phi) is 5.14. The lowest BCUT2D eigenvalue weighted by Gasteiger charge is -2.10. The SMILES string of the molecule is Cc1ccc(-c2[nH]c3c(C)ccc(C(=O)O)c3c2CCCCN)c(C)c1. The standard InChI is InChI=1S/C22H26N2O2/c1-13-7-9-16(15(3)12-13)21-17(6-4-5-11-23)19-18(22(25)26)10-8-14(2)20(19)24-21/h7-10,12,24H,4-6,11,23H2,1-3H3,(H,25,26). The van der Waals surface area contributed by atoms with Crippen LogP contribution in [0.25, 0.3) is 22.2 Å². The highest BCUT2D eigenvalue weighted by atomic mass is 16.4.